The number of benzene rings is 1. The van der Waals surface area contributed by atoms with Crippen molar-refractivity contribution in [2.45, 2.75) is 31.2 Å². The largest absolute Gasteiger partial charge is 0.356 e. The summed E-state index contributed by atoms with van der Waals surface area (Å²) in [6.07, 6.45) is 7.69. The fraction of sp³-hybridized carbons (Fsp3) is 0.500. The van der Waals surface area contributed by atoms with Gasteiger partial charge < -0.3 is 4.74 Å². The van der Waals surface area contributed by atoms with Gasteiger partial charge in [0.2, 0.25) is 0 Å². The standard InChI is InChI=1S/C14H18N2OS/c1-18-10-11-5-6-13-12(8-11)9-15-16(13)14-4-2-3-7-17-14/h5-6,8-9,14H,2-4,7,10H2,1H3. The molecule has 1 aliphatic rings. The van der Waals surface area contributed by atoms with E-state index >= 15 is 0 Å². The molecule has 0 saturated carbocycles. The van der Waals surface area contributed by atoms with Gasteiger partial charge in [0.25, 0.3) is 0 Å². The van der Waals surface area contributed by atoms with Crippen molar-refractivity contribution in [3.8, 4) is 0 Å². The predicted molar refractivity (Wildman–Crippen MR) is 75.8 cm³/mol. The Morgan fingerprint density at radius 3 is 3.17 bits per heavy atom. The number of rotatable bonds is 3. The van der Waals surface area contributed by atoms with E-state index in [4.69, 9.17) is 4.74 Å². The van der Waals surface area contributed by atoms with E-state index in [0.29, 0.717) is 0 Å². The second-order valence-corrected chi connectivity index (χ2v) is 5.60. The molecule has 3 rings (SSSR count). The van der Waals surface area contributed by atoms with Crippen molar-refractivity contribution in [2.24, 2.45) is 0 Å². The SMILES string of the molecule is CSCc1ccc2c(cnn2C2CCCCO2)c1. The minimum absolute atomic E-state index is 0.127. The zero-order valence-electron chi connectivity index (χ0n) is 10.6. The zero-order valence-corrected chi connectivity index (χ0v) is 11.4. The fourth-order valence-corrected chi connectivity index (χ4v) is 3.02. The van der Waals surface area contributed by atoms with E-state index in [0.717, 1.165) is 18.8 Å². The highest BCUT2D eigenvalue weighted by Crippen LogP contribution is 2.27. The van der Waals surface area contributed by atoms with Gasteiger partial charge in [0.1, 0.15) is 0 Å². The molecule has 1 unspecified atom stereocenters. The maximum atomic E-state index is 5.80. The van der Waals surface area contributed by atoms with Gasteiger partial charge in [-0.3, -0.25) is 0 Å². The van der Waals surface area contributed by atoms with Crippen LogP contribution in [0.1, 0.15) is 31.1 Å². The highest BCUT2D eigenvalue weighted by Gasteiger charge is 2.18. The highest BCUT2D eigenvalue weighted by molar-refractivity contribution is 7.97. The molecule has 96 valence electrons. The molecule has 2 heterocycles. The summed E-state index contributed by atoms with van der Waals surface area (Å²) in [5.41, 5.74) is 2.55. The van der Waals surface area contributed by atoms with E-state index in [1.807, 2.05) is 22.6 Å². The summed E-state index contributed by atoms with van der Waals surface area (Å²) in [5, 5.41) is 5.72. The van der Waals surface area contributed by atoms with Gasteiger partial charge in [-0.25, -0.2) is 4.68 Å². The van der Waals surface area contributed by atoms with Crippen LogP contribution in [0, 0.1) is 0 Å². The Kier molecular flexibility index (Phi) is 3.57. The molecule has 1 saturated heterocycles. The molecule has 1 aromatic heterocycles. The van der Waals surface area contributed by atoms with E-state index in [1.54, 1.807) is 0 Å². The van der Waals surface area contributed by atoms with Crippen LogP contribution in [0.3, 0.4) is 0 Å². The van der Waals surface area contributed by atoms with Gasteiger partial charge in [-0.05, 0) is 43.2 Å². The van der Waals surface area contributed by atoms with Crippen molar-refractivity contribution in [3.05, 3.63) is 30.0 Å². The summed E-state index contributed by atoms with van der Waals surface area (Å²) in [7, 11) is 0. The van der Waals surface area contributed by atoms with Gasteiger partial charge in [0, 0.05) is 17.7 Å². The topological polar surface area (TPSA) is 27.1 Å². The molecule has 1 aliphatic heterocycles. The summed E-state index contributed by atoms with van der Waals surface area (Å²) in [4.78, 5) is 0. The molecule has 1 atom stereocenters. The van der Waals surface area contributed by atoms with Crippen molar-refractivity contribution in [2.75, 3.05) is 12.9 Å². The van der Waals surface area contributed by atoms with Crippen LogP contribution in [0.2, 0.25) is 0 Å². The van der Waals surface area contributed by atoms with Gasteiger partial charge in [0.05, 0.1) is 11.7 Å². The van der Waals surface area contributed by atoms with Crippen LogP contribution < -0.4 is 0 Å². The molecule has 0 bridgehead atoms. The van der Waals surface area contributed by atoms with E-state index in [-0.39, 0.29) is 6.23 Å². The van der Waals surface area contributed by atoms with Gasteiger partial charge >= 0.3 is 0 Å². The normalized spacial score (nSPS) is 20.4. The van der Waals surface area contributed by atoms with E-state index in [2.05, 4.69) is 29.6 Å². The van der Waals surface area contributed by atoms with E-state index in [1.165, 1.54) is 29.3 Å². The van der Waals surface area contributed by atoms with Crippen LogP contribution in [-0.4, -0.2) is 22.6 Å². The maximum Gasteiger partial charge on any atom is 0.150 e. The summed E-state index contributed by atoms with van der Waals surface area (Å²) < 4.78 is 7.84. The third-order valence-electron chi connectivity index (χ3n) is 3.40. The molecule has 0 spiro atoms. The summed E-state index contributed by atoms with van der Waals surface area (Å²) in [5.74, 6) is 1.06. The van der Waals surface area contributed by atoms with Crippen molar-refractivity contribution in [1.82, 2.24) is 9.78 Å². The van der Waals surface area contributed by atoms with Crippen molar-refractivity contribution in [1.29, 1.82) is 0 Å². The molecule has 1 fully saturated rings. The molecular weight excluding hydrogens is 244 g/mol. The van der Waals surface area contributed by atoms with Crippen LogP contribution in [0.5, 0.6) is 0 Å². The number of hydrogen-bond acceptors (Lipinski definition) is 3. The lowest BCUT2D eigenvalue weighted by molar-refractivity contribution is -0.0366. The molecular formula is C14H18N2OS. The Bertz CT molecular complexity index is 532. The Balaban J connectivity index is 1.93. The van der Waals surface area contributed by atoms with Crippen LogP contribution in [0.15, 0.2) is 24.4 Å². The summed E-state index contributed by atoms with van der Waals surface area (Å²) in [6.45, 7) is 0.858. The smallest absolute Gasteiger partial charge is 0.150 e. The third kappa shape index (κ3) is 2.27. The number of nitrogens with zero attached hydrogens (tertiary/aromatic N) is 2. The minimum atomic E-state index is 0.127. The van der Waals surface area contributed by atoms with Gasteiger partial charge in [-0.15, -0.1) is 0 Å². The maximum absolute atomic E-state index is 5.80. The van der Waals surface area contributed by atoms with Crippen molar-refractivity contribution < 1.29 is 4.74 Å². The lowest BCUT2D eigenvalue weighted by Crippen LogP contribution is -2.18. The lowest BCUT2D eigenvalue weighted by Gasteiger charge is -2.23. The van der Waals surface area contributed by atoms with Gasteiger partial charge in [0.15, 0.2) is 6.23 Å². The molecule has 0 radical (unpaired) electrons. The number of aromatic nitrogens is 2. The second-order valence-electron chi connectivity index (χ2n) is 4.74. The lowest BCUT2D eigenvalue weighted by atomic mass is 10.1. The third-order valence-corrected chi connectivity index (χ3v) is 4.02. The Morgan fingerprint density at radius 1 is 1.44 bits per heavy atom. The molecule has 0 N–H and O–H groups in total. The van der Waals surface area contributed by atoms with Crippen LogP contribution in [-0.2, 0) is 10.5 Å². The second kappa shape index (κ2) is 5.33. The quantitative estimate of drug-likeness (QED) is 0.845. The Morgan fingerprint density at radius 2 is 2.39 bits per heavy atom. The molecule has 2 aromatic rings. The van der Waals surface area contributed by atoms with Crippen molar-refractivity contribution >= 4 is 22.7 Å². The highest BCUT2D eigenvalue weighted by atomic mass is 32.2. The molecule has 4 heteroatoms. The first-order valence-corrected chi connectivity index (χ1v) is 7.84. The summed E-state index contributed by atoms with van der Waals surface area (Å²) in [6, 6.07) is 6.60. The molecule has 3 nitrogen and oxygen atoms in total. The van der Waals surface area contributed by atoms with Crippen molar-refractivity contribution in [3.63, 3.8) is 0 Å². The van der Waals surface area contributed by atoms with Crippen LogP contribution >= 0.6 is 11.8 Å². The number of fused-ring (bicyclic) bond motifs is 1. The molecule has 0 amide bonds. The van der Waals surface area contributed by atoms with E-state index < -0.39 is 0 Å². The average molecular weight is 262 g/mol. The first-order valence-electron chi connectivity index (χ1n) is 6.45. The Hall–Kier alpha value is -1.00. The first-order chi connectivity index (χ1) is 8.88. The minimum Gasteiger partial charge on any atom is -0.356 e. The zero-order chi connectivity index (χ0) is 12.4. The van der Waals surface area contributed by atoms with Gasteiger partial charge in [-0.1, -0.05) is 6.07 Å². The molecule has 18 heavy (non-hydrogen) atoms. The van der Waals surface area contributed by atoms with Gasteiger partial charge in [-0.2, -0.15) is 16.9 Å². The Labute approximate surface area is 112 Å². The number of ether oxygens (including phenoxy) is 1. The average Bonchev–Trinajstić information content (AvgIpc) is 2.83. The number of thioether (sulfide) groups is 1. The first kappa shape index (κ1) is 12.1. The van der Waals surface area contributed by atoms with E-state index in [9.17, 15) is 0 Å². The number of hydrogen-bond donors (Lipinski definition) is 0. The molecule has 1 aromatic carbocycles. The van der Waals surface area contributed by atoms with Crippen LogP contribution in [0.25, 0.3) is 10.9 Å². The summed E-state index contributed by atoms with van der Waals surface area (Å²) >= 11 is 1.85. The monoisotopic (exact) mass is 262 g/mol. The fourth-order valence-electron chi connectivity index (χ4n) is 2.51. The molecule has 0 aliphatic carbocycles. The predicted octanol–water partition coefficient (Wildman–Crippen LogP) is 3.60. The van der Waals surface area contributed by atoms with Crippen LogP contribution in [0.4, 0.5) is 0 Å².